The van der Waals surface area contributed by atoms with Crippen LogP contribution in [0.2, 0.25) is 0 Å². The van der Waals surface area contributed by atoms with Crippen molar-refractivity contribution in [3.63, 3.8) is 0 Å². The van der Waals surface area contributed by atoms with E-state index in [0.717, 1.165) is 23.4 Å². The van der Waals surface area contributed by atoms with Crippen LogP contribution in [-0.2, 0) is 14.8 Å². The highest BCUT2D eigenvalue weighted by Gasteiger charge is 2.39. The highest BCUT2D eigenvalue weighted by molar-refractivity contribution is 8.00. The van der Waals surface area contributed by atoms with Gasteiger partial charge >= 0.3 is 6.09 Å². The summed E-state index contributed by atoms with van der Waals surface area (Å²) in [5.74, 6) is -2.35. The Balaban J connectivity index is 1.38. The van der Waals surface area contributed by atoms with E-state index in [9.17, 15) is 22.0 Å². The molecule has 4 rings (SSSR count). The number of ether oxygens (including phenoxy) is 1. The Morgan fingerprint density at radius 2 is 1.77 bits per heavy atom. The van der Waals surface area contributed by atoms with Crippen LogP contribution in [0.5, 0.6) is 0 Å². The molecule has 2 aliphatic heterocycles. The van der Waals surface area contributed by atoms with Gasteiger partial charge in [-0.15, -0.1) is 0 Å². The van der Waals surface area contributed by atoms with Gasteiger partial charge in [-0.2, -0.15) is 0 Å². The van der Waals surface area contributed by atoms with Crippen molar-refractivity contribution in [3.05, 3.63) is 18.2 Å². The van der Waals surface area contributed by atoms with Crippen LogP contribution in [0.25, 0.3) is 0 Å². The van der Waals surface area contributed by atoms with Crippen LogP contribution in [-0.4, -0.2) is 62.5 Å². The topological polar surface area (TPSA) is 79.0 Å². The summed E-state index contributed by atoms with van der Waals surface area (Å²) in [5.41, 5.74) is 0.456. The van der Waals surface area contributed by atoms with E-state index in [1.54, 1.807) is 28.8 Å². The number of likely N-dealkylation sites (tertiary alicyclic amines) is 1. The van der Waals surface area contributed by atoms with Crippen LogP contribution < -0.4 is 9.62 Å². The van der Waals surface area contributed by atoms with Crippen LogP contribution >= 0.6 is 11.8 Å². The molecule has 1 unspecified atom stereocenters. The summed E-state index contributed by atoms with van der Waals surface area (Å²) in [6.45, 7) is 6.83. The summed E-state index contributed by atoms with van der Waals surface area (Å²) in [6.07, 6.45) is 1.09. The molecule has 0 bridgehead atoms. The second kappa shape index (κ2) is 9.70. The van der Waals surface area contributed by atoms with E-state index >= 15 is 0 Å². The number of thioether (sulfide) groups is 1. The van der Waals surface area contributed by atoms with E-state index in [1.807, 2.05) is 33.9 Å². The maximum atomic E-state index is 13.4. The number of nitrogens with one attached hydrogen (secondary N) is 1. The quantitative estimate of drug-likeness (QED) is 0.585. The van der Waals surface area contributed by atoms with E-state index in [-0.39, 0.29) is 42.0 Å². The fourth-order valence-electron chi connectivity index (χ4n) is 4.95. The first-order valence-corrected chi connectivity index (χ1v) is 14.5. The first-order valence-electron chi connectivity index (χ1n) is 12.2. The molecule has 35 heavy (non-hydrogen) atoms. The van der Waals surface area contributed by atoms with Gasteiger partial charge in [-0.25, -0.2) is 26.7 Å². The SMILES string of the molecule is CN1c2ccc(S(=O)(=O)NC3CCC(F)(F)CC3)cc2SC1C1CCN(C(=O)OC(C)(C)C)CC1. The van der Waals surface area contributed by atoms with Crippen LogP contribution in [0.1, 0.15) is 59.3 Å². The number of hydrogen-bond acceptors (Lipinski definition) is 6. The Hall–Kier alpha value is -1.59. The monoisotopic (exact) mass is 531 g/mol. The van der Waals surface area contributed by atoms with E-state index in [0.29, 0.717) is 19.0 Å². The Bertz CT molecular complexity index is 1040. The highest BCUT2D eigenvalue weighted by atomic mass is 32.2. The summed E-state index contributed by atoms with van der Waals surface area (Å²) < 4.78 is 60.9. The zero-order valence-corrected chi connectivity index (χ0v) is 22.4. The lowest BCUT2D eigenvalue weighted by Gasteiger charge is -2.37. The molecule has 11 heteroatoms. The first-order chi connectivity index (χ1) is 16.2. The molecule has 0 aromatic heterocycles. The number of carbonyl (C=O) groups is 1. The Labute approximate surface area is 211 Å². The van der Waals surface area contributed by atoms with Crippen molar-refractivity contribution in [2.24, 2.45) is 5.92 Å². The fraction of sp³-hybridized carbons (Fsp3) is 0.708. The van der Waals surface area contributed by atoms with Crippen molar-refractivity contribution in [2.75, 3.05) is 25.0 Å². The molecule has 1 atom stereocenters. The zero-order chi connectivity index (χ0) is 25.6. The zero-order valence-electron chi connectivity index (χ0n) is 20.7. The van der Waals surface area contributed by atoms with Crippen molar-refractivity contribution in [1.29, 1.82) is 0 Å². The molecule has 2 fully saturated rings. The molecule has 1 saturated heterocycles. The number of amides is 1. The highest BCUT2D eigenvalue weighted by Crippen LogP contribution is 2.48. The van der Waals surface area contributed by atoms with Gasteiger partial charge in [0.15, 0.2) is 0 Å². The van der Waals surface area contributed by atoms with Gasteiger partial charge in [0.25, 0.3) is 0 Å². The Kier molecular flexibility index (Phi) is 7.34. The number of halogens is 2. The third kappa shape index (κ3) is 6.22. The Morgan fingerprint density at radius 3 is 2.37 bits per heavy atom. The van der Waals surface area contributed by atoms with Gasteiger partial charge in [-0.1, -0.05) is 11.8 Å². The molecule has 1 N–H and O–H groups in total. The minimum absolute atomic E-state index is 0.138. The summed E-state index contributed by atoms with van der Waals surface area (Å²) in [6, 6.07) is 4.63. The van der Waals surface area contributed by atoms with Crippen molar-refractivity contribution >= 4 is 33.6 Å². The molecule has 1 saturated carbocycles. The van der Waals surface area contributed by atoms with Crippen LogP contribution in [0.15, 0.2) is 28.0 Å². The third-order valence-electron chi connectivity index (χ3n) is 6.88. The van der Waals surface area contributed by atoms with Gasteiger partial charge in [0.2, 0.25) is 15.9 Å². The largest absolute Gasteiger partial charge is 0.444 e. The molecule has 2 heterocycles. The number of carbonyl (C=O) groups excluding carboxylic acids is 1. The lowest BCUT2D eigenvalue weighted by Crippen LogP contribution is -2.45. The maximum absolute atomic E-state index is 13.4. The van der Waals surface area contributed by atoms with Crippen molar-refractivity contribution in [3.8, 4) is 0 Å². The molecular weight excluding hydrogens is 496 g/mol. The number of fused-ring (bicyclic) bond motifs is 1. The molecule has 3 aliphatic rings. The number of hydrogen-bond donors (Lipinski definition) is 1. The molecule has 1 aromatic carbocycles. The normalized spacial score (nSPS) is 23.9. The standard InChI is InChI=1S/C24H35F2N3O4S2/c1-23(2,3)33-22(30)29-13-9-16(10-14-29)21-28(4)19-6-5-18(15-20(19)34-21)35(31,32)27-17-7-11-24(25,26)12-8-17/h5-6,15-17,21,27H,7-14H2,1-4H3. The van der Waals surface area contributed by atoms with Crippen molar-refractivity contribution in [1.82, 2.24) is 9.62 Å². The van der Waals surface area contributed by atoms with Crippen LogP contribution in [0.3, 0.4) is 0 Å². The van der Waals surface area contributed by atoms with Gasteiger partial charge in [-0.05, 0) is 70.6 Å². The molecule has 1 aromatic rings. The fourth-order valence-corrected chi connectivity index (χ4v) is 7.87. The third-order valence-corrected chi connectivity index (χ3v) is 9.93. The van der Waals surface area contributed by atoms with Gasteiger partial charge in [0.05, 0.1) is 16.0 Å². The number of alkyl halides is 2. The summed E-state index contributed by atoms with van der Waals surface area (Å²) in [7, 11) is -1.78. The second-order valence-electron chi connectivity index (χ2n) is 10.8. The van der Waals surface area contributed by atoms with E-state index < -0.39 is 27.6 Å². The molecule has 0 radical (unpaired) electrons. The average Bonchev–Trinajstić information content (AvgIpc) is 3.10. The molecule has 1 aliphatic carbocycles. The van der Waals surface area contributed by atoms with Crippen LogP contribution in [0, 0.1) is 5.92 Å². The first kappa shape index (κ1) is 26.5. The van der Waals surface area contributed by atoms with Crippen molar-refractivity contribution in [2.45, 2.75) is 92.0 Å². The molecule has 1 amide bonds. The lowest BCUT2D eigenvalue weighted by molar-refractivity contribution is -0.0387. The number of rotatable bonds is 4. The lowest BCUT2D eigenvalue weighted by atomic mass is 9.93. The van der Waals surface area contributed by atoms with Gasteiger partial charge in [0.1, 0.15) is 5.60 Å². The Morgan fingerprint density at radius 1 is 1.14 bits per heavy atom. The molecular formula is C24H35F2N3O4S2. The molecule has 7 nitrogen and oxygen atoms in total. The smallest absolute Gasteiger partial charge is 0.410 e. The number of sulfonamides is 1. The maximum Gasteiger partial charge on any atom is 0.410 e. The molecule has 0 spiro atoms. The summed E-state index contributed by atoms with van der Waals surface area (Å²) in [5, 5.41) is 0.150. The van der Waals surface area contributed by atoms with Crippen LogP contribution in [0.4, 0.5) is 19.3 Å². The predicted octanol–water partition coefficient (Wildman–Crippen LogP) is 5.06. The minimum atomic E-state index is -3.80. The van der Waals surface area contributed by atoms with Gasteiger partial charge < -0.3 is 14.5 Å². The van der Waals surface area contributed by atoms with Gasteiger partial charge in [0, 0.05) is 43.9 Å². The predicted molar refractivity (Wildman–Crippen MR) is 133 cm³/mol. The van der Waals surface area contributed by atoms with E-state index in [2.05, 4.69) is 9.62 Å². The summed E-state index contributed by atoms with van der Waals surface area (Å²) in [4.78, 5) is 17.4. The average molecular weight is 532 g/mol. The van der Waals surface area contributed by atoms with E-state index in [1.165, 1.54) is 0 Å². The van der Waals surface area contributed by atoms with Crippen molar-refractivity contribution < 1.29 is 26.7 Å². The number of nitrogens with zero attached hydrogens (tertiary/aromatic N) is 2. The summed E-state index contributed by atoms with van der Waals surface area (Å²) >= 11 is 1.65. The minimum Gasteiger partial charge on any atom is -0.444 e. The number of piperidine rings is 1. The van der Waals surface area contributed by atoms with Gasteiger partial charge in [-0.3, -0.25) is 0 Å². The number of benzene rings is 1. The van der Waals surface area contributed by atoms with E-state index in [4.69, 9.17) is 4.74 Å². The number of anilines is 1. The molecule has 196 valence electrons. The second-order valence-corrected chi connectivity index (χ2v) is 13.7.